The van der Waals surface area contributed by atoms with Crippen LogP contribution in [0.25, 0.3) is 0 Å². The van der Waals surface area contributed by atoms with E-state index in [0.29, 0.717) is 37.6 Å². The molecule has 28 heavy (non-hydrogen) atoms. The molecule has 1 aliphatic rings. The van der Waals surface area contributed by atoms with Crippen molar-refractivity contribution in [3.8, 4) is 0 Å². The van der Waals surface area contributed by atoms with Crippen molar-refractivity contribution in [1.29, 1.82) is 0 Å². The number of aryl methyl sites for hydroxylation is 1. The van der Waals surface area contributed by atoms with E-state index in [1.54, 1.807) is 12.1 Å². The number of nitrogens with zero attached hydrogens (tertiary/aromatic N) is 2. The van der Waals surface area contributed by atoms with Gasteiger partial charge in [-0.25, -0.2) is 8.42 Å². The van der Waals surface area contributed by atoms with Crippen molar-refractivity contribution in [2.45, 2.75) is 31.3 Å². The number of amides is 1. The largest absolute Gasteiger partial charge is 0.351 e. The molecule has 0 radical (unpaired) electrons. The second-order valence-corrected chi connectivity index (χ2v) is 9.07. The SMILES string of the molecule is Cc1ccc(S(=O)(=O)N2CCN([C@H](C)C(=O)NCc3ccccc3)CC2)cc1. The first-order valence-electron chi connectivity index (χ1n) is 9.50. The summed E-state index contributed by atoms with van der Waals surface area (Å²) >= 11 is 0. The molecule has 1 heterocycles. The van der Waals surface area contributed by atoms with E-state index in [0.717, 1.165) is 11.1 Å². The lowest BCUT2D eigenvalue weighted by atomic mass is 10.2. The normalized spacial score (nSPS) is 17.2. The van der Waals surface area contributed by atoms with Gasteiger partial charge < -0.3 is 5.32 Å². The highest BCUT2D eigenvalue weighted by atomic mass is 32.2. The molecule has 2 aromatic carbocycles. The quantitative estimate of drug-likeness (QED) is 0.804. The van der Waals surface area contributed by atoms with Crippen molar-refractivity contribution >= 4 is 15.9 Å². The molecule has 1 saturated heterocycles. The summed E-state index contributed by atoms with van der Waals surface area (Å²) < 4.78 is 27.1. The molecule has 0 aromatic heterocycles. The fourth-order valence-electron chi connectivity index (χ4n) is 3.29. The number of nitrogens with one attached hydrogen (secondary N) is 1. The zero-order valence-corrected chi connectivity index (χ0v) is 17.2. The Morgan fingerprint density at radius 1 is 1.00 bits per heavy atom. The van der Waals surface area contributed by atoms with Crippen molar-refractivity contribution in [3.63, 3.8) is 0 Å². The summed E-state index contributed by atoms with van der Waals surface area (Å²) in [4.78, 5) is 14.8. The minimum atomic E-state index is -3.49. The molecular formula is C21H27N3O3S. The highest BCUT2D eigenvalue weighted by Crippen LogP contribution is 2.19. The van der Waals surface area contributed by atoms with Gasteiger partial charge in [-0.15, -0.1) is 0 Å². The average molecular weight is 402 g/mol. The first-order valence-corrected chi connectivity index (χ1v) is 10.9. The maximum atomic E-state index is 12.8. The molecule has 1 atom stereocenters. The molecule has 0 unspecified atom stereocenters. The number of rotatable bonds is 6. The van der Waals surface area contributed by atoms with E-state index < -0.39 is 10.0 Å². The van der Waals surface area contributed by atoms with Crippen LogP contribution < -0.4 is 5.32 Å². The Bertz CT molecular complexity index is 890. The topological polar surface area (TPSA) is 69.7 Å². The Hall–Kier alpha value is -2.22. The van der Waals surface area contributed by atoms with Crippen LogP contribution in [0, 0.1) is 6.92 Å². The maximum Gasteiger partial charge on any atom is 0.243 e. The summed E-state index contributed by atoms with van der Waals surface area (Å²) in [5.74, 6) is -0.0429. The Labute approximate surface area is 167 Å². The fourth-order valence-corrected chi connectivity index (χ4v) is 4.71. The molecule has 1 N–H and O–H groups in total. The lowest BCUT2D eigenvalue weighted by Gasteiger charge is -2.36. The van der Waals surface area contributed by atoms with Crippen LogP contribution in [0.1, 0.15) is 18.1 Å². The molecule has 0 aliphatic carbocycles. The van der Waals surface area contributed by atoms with Crippen LogP contribution in [0.4, 0.5) is 0 Å². The van der Waals surface area contributed by atoms with Crippen molar-refractivity contribution in [3.05, 3.63) is 65.7 Å². The van der Waals surface area contributed by atoms with Gasteiger partial charge in [-0.3, -0.25) is 9.69 Å². The second kappa shape index (κ2) is 8.86. The Morgan fingerprint density at radius 2 is 1.61 bits per heavy atom. The summed E-state index contributed by atoms with van der Waals surface area (Å²) in [6.45, 7) is 6.12. The summed E-state index contributed by atoms with van der Waals surface area (Å²) in [6, 6.07) is 16.4. The van der Waals surface area contributed by atoms with E-state index in [9.17, 15) is 13.2 Å². The minimum Gasteiger partial charge on any atom is -0.351 e. The first kappa shape index (κ1) is 20.5. The van der Waals surface area contributed by atoms with Crippen LogP contribution in [0.2, 0.25) is 0 Å². The van der Waals surface area contributed by atoms with Gasteiger partial charge in [0.15, 0.2) is 0 Å². The zero-order chi connectivity index (χ0) is 20.1. The van der Waals surface area contributed by atoms with Gasteiger partial charge in [0.1, 0.15) is 0 Å². The van der Waals surface area contributed by atoms with Crippen LogP contribution in [0.5, 0.6) is 0 Å². The number of carbonyl (C=O) groups excluding carboxylic acids is 1. The third-order valence-corrected chi connectivity index (χ3v) is 7.08. The maximum absolute atomic E-state index is 12.8. The molecule has 7 heteroatoms. The van der Waals surface area contributed by atoms with Gasteiger partial charge in [-0.2, -0.15) is 4.31 Å². The van der Waals surface area contributed by atoms with Crippen molar-refractivity contribution in [2.24, 2.45) is 0 Å². The minimum absolute atomic E-state index is 0.0429. The number of benzene rings is 2. The van der Waals surface area contributed by atoms with E-state index in [-0.39, 0.29) is 11.9 Å². The molecule has 0 saturated carbocycles. The van der Waals surface area contributed by atoms with E-state index in [1.165, 1.54) is 4.31 Å². The van der Waals surface area contributed by atoms with Crippen LogP contribution >= 0.6 is 0 Å². The first-order chi connectivity index (χ1) is 13.4. The lowest BCUT2D eigenvalue weighted by Crippen LogP contribution is -2.54. The third kappa shape index (κ3) is 4.79. The predicted octanol–water partition coefficient (Wildman–Crippen LogP) is 2.01. The molecule has 1 amide bonds. The van der Waals surface area contributed by atoms with Crippen molar-refractivity contribution in [1.82, 2.24) is 14.5 Å². The lowest BCUT2D eigenvalue weighted by molar-refractivity contribution is -0.126. The number of hydrogen-bond donors (Lipinski definition) is 1. The molecule has 150 valence electrons. The van der Waals surface area contributed by atoms with Crippen LogP contribution in [-0.2, 0) is 21.4 Å². The van der Waals surface area contributed by atoms with E-state index in [2.05, 4.69) is 5.32 Å². The van der Waals surface area contributed by atoms with Crippen LogP contribution in [0.15, 0.2) is 59.5 Å². The van der Waals surface area contributed by atoms with Gasteiger partial charge in [0.2, 0.25) is 15.9 Å². The van der Waals surface area contributed by atoms with Gasteiger partial charge in [-0.1, -0.05) is 48.0 Å². The summed E-state index contributed by atoms with van der Waals surface area (Å²) in [5, 5.41) is 2.96. The molecule has 2 aromatic rings. The molecule has 1 fully saturated rings. The molecule has 3 rings (SSSR count). The number of sulfonamides is 1. The van der Waals surface area contributed by atoms with Crippen LogP contribution in [0.3, 0.4) is 0 Å². The number of hydrogen-bond acceptors (Lipinski definition) is 4. The molecule has 6 nitrogen and oxygen atoms in total. The average Bonchev–Trinajstić information content (AvgIpc) is 2.72. The Balaban J connectivity index is 1.54. The predicted molar refractivity (Wildman–Crippen MR) is 109 cm³/mol. The Kier molecular flexibility index (Phi) is 6.49. The summed E-state index contributed by atoms with van der Waals surface area (Å²) in [7, 11) is -3.49. The van der Waals surface area contributed by atoms with Gasteiger partial charge in [0.25, 0.3) is 0 Å². The van der Waals surface area contributed by atoms with E-state index >= 15 is 0 Å². The van der Waals surface area contributed by atoms with E-state index in [1.807, 2.05) is 61.2 Å². The summed E-state index contributed by atoms with van der Waals surface area (Å²) in [6.07, 6.45) is 0. The Morgan fingerprint density at radius 3 is 2.21 bits per heavy atom. The molecule has 1 aliphatic heterocycles. The van der Waals surface area contributed by atoms with Crippen LogP contribution in [-0.4, -0.2) is 55.8 Å². The standard InChI is InChI=1S/C21H27N3O3S/c1-17-8-10-20(11-9-17)28(26,27)24-14-12-23(13-15-24)18(2)21(25)22-16-19-6-4-3-5-7-19/h3-11,18H,12-16H2,1-2H3,(H,22,25)/t18-/m1/s1. The van der Waals surface area contributed by atoms with Gasteiger partial charge in [0.05, 0.1) is 10.9 Å². The number of piperazine rings is 1. The van der Waals surface area contributed by atoms with E-state index in [4.69, 9.17) is 0 Å². The molecule has 0 spiro atoms. The zero-order valence-electron chi connectivity index (χ0n) is 16.3. The van der Waals surface area contributed by atoms with Gasteiger partial charge in [-0.05, 0) is 31.5 Å². The smallest absolute Gasteiger partial charge is 0.243 e. The van der Waals surface area contributed by atoms with Crippen molar-refractivity contribution in [2.75, 3.05) is 26.2 Å². The number of carbonyl (C=O) groups is 1. The molecule has 0 bridgehead atoms. The fraction of sp³-hybridized carbons (Fsp3) is 0.381. The van der Waals surface area contributed by atoms with Gasteiger partial charge in [0, 0.05) is 32.7 Å². The third-order valence-electron chi connectivity index (χ3n) is 5.17. The monoisotopic (exact) mass is 401 g/mol. The summed E-state index contributed by atoms with van der Waals surface area (Å²) in [5.41, 5.74) is 2.08. The highest BCUT2D eigenvalue weighted by molar-refractivity contribution is 7.89. The highest BCUT2D eigenvalue weighted by Gasteiger charge is 2.31. The molecular weight excluding hydrogens is 374 g/mol. The van der Waals surface area contributed by atoms with Gasteiger partial charge >= 0.3 is 0 Å². The second-order valence-electron chi connectivity index (χ2n) is 7.13. The van der Waals surface area contributed by atoms with Crippen molar-refractivity contribution < 1.29 is 13.2 Å².